The van der Waals surface area contributed by atoms with E-state index >= 15 is 0 Å². The van der Waals surface area contributed by atoms with Gasteiger partial charge in [-0.2, -0.15) is 0 Å². The van der Waals surface area contributed by atoms with Crippen molar-refractivity contribution in [2.45, 2.75) is 46.1 Å². The average Bonchev–Trinajstić information content (AvgIpc) is 2.41. The first kappa shape index (κ1) is 16.2. The lowest BCUT2D eigenvalue weighted by atomic mass is 10.1. The zero-order valence-electron chi connectivity index (χ0n) is 13.6. The van der Waals surface area contributed by atoms with Crippen LogP contribution in [0.1, 0.15) is 38.4 Å². The Hall–Kier alpha value is -2.17. The number of amides is 1. The van der Waals surface area contributed by atoms with E-state index in [0.717, 1.165) is 29.6 Å². The lowest BCUT2D eigenvalue weighted by molar-refractivity contribution is 0.0527. The van der Waals surface area contributed by atoms with Crippen LogP contribution in [0.25, 0.3) is 11.0 Å². The Bertz CT molecular complexity index is 662. The van der Waals surface area contributed by atoms with Gasteiger partial charge in [-0.3, -0.25) is 4.98 Å². The highest BCUT2D eigenvalue weighted by Crippen LogP contribution is 2.13. The maximum atomic E-state index is 11.5. The van der Waals surface area contributed by atoms with E-state index in [0.29, 0.717) is 6.54 Å². The molecule has 22 heavy (non-hydrogen) atoms. The zero-order chi connectivity index (χ0) is 16.2. The molecule has 0 radical (unpaired) electrons. The second kappa shape index (κ2) is 6.73. The van der Waals surface area contributed by atoms with Crippen molar-refractivity contribution < 1.29 is 9.53 Å². The average molecular weight is 301 g/mol. The Labute approximate surface area is 131 Å². The van der Waals surface area contributed by atoms with Gasteiger partial charge in [0, 0.05) is 12.7 Å². The molecule has 0 aliphatic heterocycles. The van der Waals surface area contributed by atoms with Crippen molar-refractivity contribution >= 4 is 17.1 Å². The number of benzene rings is 1. The standard InChI is InChI=1S/C17H23N3O2/c1-12-11-19-14-8-7-13(10-15(14)20-12)6-5-9-18-16(21)22-17(2,3)4/h7-8,10-11H,5-6,9H2,1-4H3,(H,18,21). The molecule has 1 heterocycles. The zero-order valence-corrected chi connectivity index (χ0v) is 13.6. The molecule has 2 aromatic rings. The van der Waals surface area contributed by atoms with Gasteiger partial charge in [0.2, 0.25) is 0 Å². The van der Waals surface area contributed by atoms with E-state index in [4.69, 9.17) is 4.74 Å². The van der Waals surface area contributed by atoms with Crippen LogP contribution in [0.2, 0.25) is 0 Å². The van der Waals surface area contributed by atoms with Gasteiger partial charge in [-0.05, 0) is 58.2 Å². The molecule has 1 amide bonds. The Balaban J connectivity index is 1.83. The number of fused-ring (bicyclic) bond motifs is 1. The van der Waals surface area contributed by atoms with E-state index in [-0.39, 0.29) is 6.09 Å². The van der Waals surface area contributed by atoms with Gasteiger partial charge >= 0.3 is 6.09 Å². The molecule has 0 fully saturated rings. The summed E-state index contributed by atoms with van der Waals surface area (Å²) in [5.41, 5.74) is 3.47. The van der Waals surface area contributed by atoms with Crippen molar-refractivity contribution in [2.24, 2.45) is 0 Å². The summed E-state index contributed by atoms with van der Waals surface area (Å²) < 4.78 is 5.19. The summed E-state index contributed by atoms with van der Waals surface area (Å²) in [6, 6.07) is 6.10. The molecule has 5 heteroatoms. The number of alkyl carbamates (subject to hydrolysis) is 1. The Morgan fingerprint density at radius 3 is 2.77 bits per heavy atom. The summed E-state index contributed by atoms with van der Waals surface area (Å²) in [7, 11) is 0. The Morgan fingerprint density at radius 1 is 1.27 bits per heavy atom. The van der Waals surface area contributed by atoms with Crippen LogP contribution in [0.3, 0.4) is 0 Å². The maximum Gasteiger partial charge on any atom is 0.407 e. The lowest BCUT2D eigenvalue weighted by Gasteiger charge is -2.19. The SMILES string of the molecule is Cc1cnc2ccc(CCCNC(=O)OC(C)(C)C)cc2n1. The van der Waals surface area contributed by atoms with Crippen molar-refractivity contribution in [1.82, 2.24) is 15.3 Å². The van der Waals surface area contributed by atoms with E-state index in [1.54, 1.807) is 6.20 Å². The number of rotatable bonds is 4. The van der Waals surface area contributed by atoms with Crippen molar-refractivity contribution in [1.29, 1.82) is 0 Å². The predicted molar refractivity (Wildman–Crippen MR) is 86.8 cm³/mol. The monoisotopic (exact) mass is 301 g/mol. The van der Waals surface area contributed by atoms with Crippen molar-refractivity contribution in [3.63, 3.8) is 0 Å². The van der Waals surface area contributed by atoms with Gasteiger partial charge in [0.25, 0.3) is 0 Å². The highest BCUT2D eigenvalue weighted by Gasteiger charge is 2.15. The highest BCUT2D eigenvalue weighted by atomic mass is 16.6. The van der Waals surface area contributed by atoms with Crippen LogP contribution in [0.4, 0.5) is 4.79 Å². The molecule has 2 rings (SSSR count). The van der Waals surface area contributed by atoms with Gasteiger partial charge in [-0.25, -0.2) is 9.78 Å². The van der Waals surface area contributed by atoms with Crippen LogP contribution < -0.4 is 5.32 Å². The second-order valence-electron chi connectivity index (χ2n) is 6.37. The molecule has 0 spiro atoms. The number of hydrogen-bond donors (Lipinski definition) is 1. The molecule has 1 aromatic carbocycles. The minimum Gasteiger partial charge on any atom is -0.444 e. The number of hydrogen-bond acceptors (Lipinski definition) is 4. The van der Waals surface area contributed by atoms with Crippen LogP contribution in [0, 0.1) is 6.92 Å². The minimum atomic E-state index is -0.459. The summed E-state index contributed by atoms with van der Waals surface area (Å²) in [6.45, 7) is 8.08. The lowest BCUT2D eigenvalue weighted by Crippen LogP contribution is -2.33. The number of carbonyl (C=O) groups excluding carboxylic acids is 1. The van der Waals surface area contributed by atoms with Crippen LogP contribution in [-0.2, 0) is 11.2 Å². The minimum absolute atomic E-state index is 0.368. The maximum absolute atomic E-state index is 11.5. The molecule has 0 unspecified atom stereocenters. The summed E-state index contributed by atoms with van der Waals surface area (Å²) in [4.78, 5) is 20.4. The number of aromatic nitrogens is 2. The Morgan fingerprint density at radius 2 is 2.05 bits per heavy atom. The van der Waals surface area contributed by atoms with E-state index in [1.165, 1.54) is 5.56 Å². The topological polar surface area (TPSA) is 64.1 Å². The molecular formula is C17H23N3O2. The molecular weight excluding hydrogens is 278 g/mol. The molecule has 0 saturated carbocycles. The van der Waals surface area contributed by atoms with Gasteiger partial charge < -0.3 is 10.1 Å². The van der Waals surface area contributed by atoms with E-state index in [1.807, 2.05) is 33.8 Å². The smallest absolute Gasteiger partial charge is 0.407 e. The van der Waals surface area contributed by atoms with Crippen LogP contribution in [0.5, 0.6) is 0 Å². The third kappa shape index (κ3) is 4.98. The van der Waals surface area contributed by atoms with E-state index in [2.05, 4.69) is 27.4 Å². The molecule has 0 atom stereocenters. The number of ether oxygens (including phenoxy) is 1. The first-order chi connectivity index (χ1) is 10.3. The number of nitrogens with zero attached hydrogens (tertiary/aromatic N) is 2. The summed E-state index contributed by atoms with van der Waals surface area (Å²) >= 11 is 0. The fourth-order valence-corrected chi connectivity index (χ4v) is 2.10. The van der Waals surface area contributed by atoms with Gasteiger partial charge in [0.05, 0.1) is 16.7 Å². The number of aryl methyl sites for hydroxylation is 2. The third-order valence-electron chi connectivity index (χ3n) is 3.04. The van der Waals surface area contributed by atoms with Crippen LogP contribution in [0.15, 0.2) is 24.4 Å². The fourth-order valence-electron chi connectivity index (χ4n) is 2.10. The molecule has 118 valence electrons. The molecule has 1 aromatic heterocycles. The van der Waals surface area contributed by atoms with Gasteiger partial charge in [0.1, 0.15) is 5.60 Å². The third-order valence-corrected chi connectivity index (χ3v) is 3.04. The molecule has 1 N–H and O–H groups in total. The van der Waals surface area contributed by atoms with E-state index < -0.39 is 5.60 Å². The fraction of sp³-hybridized carbons (Fsp3) is 0.471. The van der Waals surface area contributed by atoms with Crippen molar-refractivity contribution in [3.05, 3.63) is 35.7 Å². The second-order valence-corrected chi connectivity index (χ2v) is 6.37. The van der Waals surface area contributed by atoms with Gasteiger partial charge in [-0.1, -0.05) is 6.07 Å². The molecule has 5 nitrogen and oxygen atoms in total. The molecule has 0 aliphatic carbocycles. The van der Waals surface area contributed by atoms with E-state index in [9.17, 15) is 4.79 Å². The number of carbonyl (C=O) groups is 1. The molecule has 0 aliphatic rings. The van der Waals surface area contributed by atoms with Crippen LogP contribution in [-0.4, -0.2) is 28.2 Å². The largest absolute Gasteiger partial charge is 0.444 e. The first-order valence-corrected chi connectivity index (χ1v) is 7.53. The molecule has 0 saturated heterocycles. The summed E-state index contributed by atoms with van der Waals surface area (Å²) in [5.74, 6) is 0. The summed E-state index contributed by atoms with van der Waals surface area (Å²) in [6.07, 6.45) is 3.13. The Kier molecular flexibility index (Phi) is 4.96. The van der Waals surface area contributed by atoms with Crippen molar-refractivity contribution in [3.8, 4) is 0 Å². The number of nitrogens with one attached hydrogen (secondary N) is 1. The van der Waals surface area contributed by atoms with Crippen LogP contribution >= 0.6 is 0 Å². The normalized spacial score (nSPS) is 11.5. The predicted octanol–water partition coefficient (Wildman–Crippen LogP) is 3.40. The first-order valence-electron chi connectivity index (χ1n) is 7.53. The van der Waals surface area contributed by atoms with Gasteiger partial charge in [-0.15, -0.1) is 0 Å². The quantitative estimate of drug-likeness (QED) is 0.879. The van der Waals surface area contributed by atoms with Gasteiger partial charge in [0.15, 0.2) is 0 Å². The highest BCUT2D eigenvalue weighted by molar-refractivity contribution is 5.74. The molecule has 0 bridgehead atoms. The van der Waals surface area contributed by atoms with Crippen molar-refractivity contribution in [2.75, 3.05) is 6.54 Å². The summed E-state index contributed by atoms with van der Waals surface area (Å²) in [5, 5.41) is 2.77.